The van der Waals surface area contributed by atoms with Gasteiger partial charge in [0, 0.05) is 13.1 Å². The number of nitrogens with one attached hydrogen (secondary N) is 1. The van der Waals surface area contributed by atoms with Crippen molar-refractivity contribution < 1.29 is 27.5 Å². The van der Waals surface area contributed by atoms with Crippen LogP contribution in [-0.4, -0.2) is 58.5 Å². The zero-order valence-corrected chi connectivity index (χ0v) is 25.1. The molecule has 220 valence electrons. The van der Waals surface area contributed by atoms with E-state index in [-0.39, 0.29) is 23.0 Å². The van der Waals surface area contributed by atoms with E-state index in [0.717, 1.165) is 28.3 Å². The molecule has 9 nitrogen and oxygen atoms in total. The molecule has 0 spiro atoms. The lowest BCUT2D eigenvalue weighted by atomic mass is 10.1. The molecule has 3 rings (SSSR count). The number of hydrogen-bond donors (Lipinski definition) is 1. The van der Waals surface area contributed by atoms with Crippen LogP contribution in [-0.2, 0) is 26.2 Å². The second kappa shape index (κ2) is 14.5. The molecule has 0 aromatic heterocycles. The molecule has 3 aromatic rings. The first-order chi connectivity index (χ1) is 19.6. The molecule has 0 aliphatic rings. The topological polar surface area (TPSA) is 105 Å². The van der Waals surface area contributed by atoms with Gasteiger partial charge in [0.15, 0.2) is 0 Å². The van der Waals surface area contributed by atoms with Gasteiger partial charge in [-0.1, -0.05) is 55.3 Å². The minimum atomic E-state index is -4.19. The maximum Gasteiger partial charge on any atom is 0.264 e. The molecule has 0 aliphatic heterocycles. The van der Waals surface area contributed by atoms with Gasteiger partial charge in [0.1, 0.15) is 24.1 Å². The van der Waals surface area contributed by atoms with Crippen LogP contribution in [0.2, 0.25) is 0 Å². The van der Waals surface area contributed by atoms with Crippen LogP contribution in [0.1, 0.15) is 37.8 Å². The van der Waals surface area contributed by atoms with Crippen LogP contribution in [0.3, 0.4) is 0 Å². The second-order valence-corrected chi connectivity index (χ2v) is 11.6. The SMILES string of the molecule is CCCCNC(=O)C(C)N(Cc1cccc(OC)c1)C(=O)CN(c1ccccc1OC)S(=O)(=O)c1ccc(C)cc1. The van der Waals surface area contributed by atoms with Crippen LogP contribution in [0.5, 0.6) is 11.5 Å². The lowest BCUT2D eigenvalue weighted by Crippen LogP contribution is -2.51. The number of sulfonamides is 1. The number of carbonyl (C=O) groups excluding carboxylic acids is 2. The van der Waals surface area contributed by atoms with Gasteiger partial charge in [-0.15, -0.1) is 0 Å². The predicted molar refractivity (Wildman–Crippen MR) is 160 cm³/mol. The average Bonchev–Trinajstić information content (AvgIpc) is 2.98. The summed E-state index contributed by atoms with van der Waals surface area (Å²) in [5, 5.41) is 2.88. The third kappa shape index (κ3) is 8.00. The number of benzene rings is 3. The van der Waals surface area contributed by atoms with Crippen molar-refractivity contribution in [2.75, 3.05) is 31.6 Å². The molecule has 0 bridgehead atoms. The Morgan fingerprint density at radius 3 is 2.32 bits per heavy atom. The normalized spacial score (nSPS) is 11.8. The fourth-order valence-electron chi connectivity index (χ4n) is 4.27. The lowest BCUT2D eigenvalue weighted by Gasteiger charge is -2.32. The van der Waals surface area contributed by atoms with E-state index < -0.39 is 28.5 Å². The average molecular weight is 582 g/mol. The van der Waals surface area contributed by atoms with Crippen molar-refractivity contribution >= 4 is 27.5 Å². The third-order valence-electron chi connectivity index (χ3n) is 6.73. The Hall–Kier alpha value is -4.05. The van der Waals surface area contributed by atoms with Gasteiger partial charge in [0.25, 0.3) is 10.0 Å². The first-order valence-corrected chi connectivity index (χ1v) is 15.0. The summed E-state index contributed by atoms with van der Waals surface area (Å²) in [6.07, 6.45) is 1.71. The highest BCUT2D eigenvalue weighted by Crippen LogP contribution is 2.32. The molecule has 0 aliphatic carbocycles. The van der Waals surface area contributed by atoms with E-state index in [1.54, 1.807) is 68.6 Å². The number of aryl methyl sites for hydroxylation is 1. The Morgan fingerprint density at radius 1 is 0.951 bits per heavy atom. The summed E-state index contributed by atoms with van der Waals surface area (Å²) in [4.78, 5) is 28.6. The fourth-order valence-corrected chi connectivity index (χ4v) is 5.70. The summed E-state index contributed by atoms with van der Waals surface area (Å²) in [7, 11) is -1.21. The zero-order chi connectivity index (χ0) is 30.0. The number of rotatable bonds is 14. The highest BCUT2D eigenvalue weighted by atomic mass is 32.2. The minimum absolute atomic E-state index is 0.0338. The first-order valence-electron chi connectivity index (χ1n) is 13.5. The molecule has 0 saturated heterocycles. The number of carbonyl (C=O) groups is 2. The Morgan fingerprint density at radius 2 is 1.66 bits per heavy atom. The number of anilines is 1. The smallest absolute Gasteiger partial charge is 0.264 e. The Labute approximate surface area is 243 Å². The van der Waals surface area contributed by atoms with E-state index in [1.807, 2.05) is 19.9 Å². The molecule has 0 heterocycles. The lowest BCUT2D eigenvalue weighted by molar-refractivity contribution is -0.139. The molecule has 0 saturated carbocycles. The van der Waals surface area contributed by atoms with Crippen LogP contribution in [0.15, 0.2) is 77.7 Å². The maximum absolute atomic E-state index is 14.1. The van der Waals surface area contributed by atoms with Crippen molar-refractivity contribution in [1.29, 1.82) is 0 Å². The largest absolute Gasteiger partial charge is 0.497 e. The van der Waals surface area contributed by atoms with Gasteiger partial charge in [-0.05, 0) is 62.2 Å². The summed E-state index contributed by atoms with van der Waals surface area (Å²) < 4.78 is 39.8. The molecule has 3 aromatic carbocycles. The molecular formula is C31H39N3O6S. The van der Waals surface area contributed by atoms with Crippen molar-refractivity contribution in [1.82, 2.24) is 10.2 Å². The number of hydrogen-bond acceptors (Lipinski definition) is 6. The van der Waals surface area contributed by atoms with Crippen molar-refractivity contribution in [3.63, 3.8) is 0 Å². The van der Waals surface area contributed by atoms with Gasteiger partial charge in [0.05, 0.1) is 24.8 Å². The Balaban J connectivity index is 2.04. The summed E-state index contributed by atoms with van der Waals surface area (Å²) in [5.41, 5.74) is 1.85. The van der Waals surface area contributed by atoms with E-state index in [0.29, 0.717) is 18.0 Å². The molecule has 1 unspecified atom stereocenters. The number of amides is 2. The van der Waals surface area contributed by atoms with Gasteiger partial charge < -0.3 is 19.7 Å². The monoisotopic (exact) mass is 581 g/mol. The standard InChI is InChI=1S/C31H39N3O6S/c1-6-7-19-32-31(36)24(3)33(21-25-11-10-12-26(20-25)39-4)30(35)22-34(28-13-8-9-14-29(28)40-5)41(37,38)27-17-15-23(2)16-18-27/h8-18,20,24H,6-7,19,21-22H2,1-5H3,(H,32,36). The molecule has 1 N–H and O–H groups in total. The maximum atomic E-state index is 14.1. The molecule has 10 heteroatoms. The molecular weight excluding hydrogens is 542 g/mol. The fraction of sp³-hybridized carbons (Fsp3) is 0.355. The number of ether oxygens (including phenoxy) is 2. The van der Waals surface area contributed by atoms with Crippen molar-refractivity contribution in [3.05, 3.63) is 83.9 Å². The van der Waals surface area contributed by atoms with Gasteiger partial charge in [-0.3, -0.25) is 13.9 Å². The highest BCUT2D eigenvalue weighted by molar-refractivity contribution is 7.92. The Bertz CT molecular complexity index is 1430. The van der Waals surface area contributed by atoms with Crippen LogP contribution in [0.4, 0.5) is 5.69 Å². The van der Waals surface area contributed by atoms with Crippen LogP contribution in [0.25, 0.3) is 0 Å². The molecule has 1 atom stereocenters. The van der Waals surface area contributed by atoms with Gasteiger partial charge >= 0.3 is 0 Å². The minimum Gasteiger partial charge on any atom is -0.497 e. The molecule has 2 amide bonds. The van der Waals surface area contributed by atoms with Crippen molar-refractivity contribution in [2.24, 2.45) is 0 Å². The summed E-state index contributed by atoms with van der Waals surface area (Å²) in [6, 6.07) is 19.4. The van der Waals surface area contributed by atoms with Crippen molar-refractivity contribution in [2.45, 2.75) is 51.1 Å². The van der Waals surface area contributed by atoms with Crippen LogP contribution >= 0.6 is 0 Å². The van der Waals surface area contributed by atoms with E-state index in [2.05, 4.69) is 5.32 Å². The Kier molecular flexibility index (Phi) is 11.2. The summed E-state index contributed by atoms with van der Waals surface area (Å²) >= 11 is 0. The molecule has 0 fully saturated rings. The molecule has 41 heavy (non-hydrogen) atoms. The number of methoxy groups -OCH3 is 2. The van der Waals surface area contributed by atoms with Gasteiger partial charge in [-0.2, -0.15) is 0 Å². The zero-order valence-electron chi connectivity index (χ0n) is 24.3. The second-order valence-electron chi connectivity index (χ2n) is 9.69. The summed E-state index contributed by atoms with van der Waals surface area (Å²) in [6.45, 7) is 5.53. The van der Waals surface area contributed by atoms with Gasteiger partial charge in [0.2, 0.25) is 11.8 Å². The number of unbranched alkanes of at least 4 members (excludes halogenated alkanes) is 1. The van der Waals surface area contributed by atoms with E-state index in [1.165, 1.54) is 24.1 Å². The van der Waals surface area contributed by atoms with Crippen LogP contribution < -0.4 is 19.1 Å². The number of para-hydroxylation sites is 2. The van der Waals surface area contributed by atoms with Crippen LogP contribution in [0, 0.1) is 6.92 Å². The van der Waals surface area contributed by atoms with E-state index in [9.17, 15) is 18.0 Å². The quantitative estimate of drug-likeness (QED) is 0.280. The van der Waals surface area contributed by atoms with Crippen molar-refractivity contribution in [3.8, 4) is 11.5 Å². The first kappa shape index (κ1) is 31.5. The predicted octanol–water partition coefficient (Wildman–Crippen LogP) is 4.54. The number of nitrogens with zero attached hydrogens (tertiary/aromatic N) is 2. The molecule has 0 radical (unpaired) electrons. The van der Waals surface area contributed by atoms with Gasteiger partial charge in [-0.25, -0.2) is 8.42 Å². The van der Waals surface area contributed by atoms with E-state index >= 15 is 0 Å². The third-order valence-corrected chi connectivity index (χ3v) is 8.50. The highest BCUT2D eigenvalue weighted by Gasteiger charge is 2.33. The van der Waals surface area contributed by atoms with E-state index in [4.69, 9.17) is 9.47 Å². The summed E-state index contributed by atoms with van der Waals surface area (Å²) in [5.74, 6) is 0.0284.